The van der Waals surface area contributed by atoms with Crippen molar-refractivity contribution >= 4 is 5.91 Å². The lowest BCUT2D eigenvalue weighted by Gasteiger charge is -2.23. The number of nitrogens with zero attached hydrogens (tertiary/aromatic N) is 1. The molecule has 1 aliphatic rings. The molecule has 126 valence electrons. The van der Waals surface area contributed by atoms with Crippen LogP contribution in [0.5, 0.6) is 0 Å². The van der Waals surface area contributed by atoms with Crippen molar-refractivity contribution in [2.45, 2.75) is 38.3 Å². The van der Waals surface area contributed by atoms with Crippen LogP contribution in [0, 0.1) is 5.92 Å². The van der Waals surface area contributed by atoms with Crippen molar-refractivity contribution in [2.75, 3.05) is 20.3 Å². The van der Waals surface area contributed by atoms with Crippen LogP contribution in [-0.2, 0) is 9.53 Å². The summed E-state index contributed by atoms with van der Waals surface area (Å²) in [5.74, 6) is 0.279. The number of benzene rings is 1. The summed E-state index contributed by atoms with van der Waals surface area (Å²) in [6.45, 7) is 2.91. The zero-order valence-corrected chi connectivity index (χ0v) is 14.0. The minimum absolute atomic E-state index is 0.00404. The van der Waals surface area contributed by atoms with E-state index in [4.69, 9.17) is 4.74 Å². The molecule has 2 rings (SSSR count). The number of likely N-dealkylation sites (tertiary alicyclic amines) is 1. The van der Waals surface area contributed by atoms with Crippen LogP contribution in [0.25, 0.3) is 0 Å². The summed E-state index contributed by atoms with van der Waals surface area (Å²) in [5, 5.41) is 9.30. The largest absolute Gasteiger partial charge is 0.394 e. The van der Waals surface area contributed by atoms with Gasteiger partial charge in [-0.15, -0.1) is 0 Å². The van der Waals surface area contributed by atoms with E-state index in [2.05, 4.69) is 19.1 Å². The molecule has 4 heteroatoms. The molecule has 1 N–H and O–H groups in total. The second kappa shape index (κ2) is 8.85. The van der Waals surface area contributed by atoms with E-state index in [1.807, 2.05) is 30.4 Å². The van der Waals surface area contributed by atoms with Crippen molar-refractivity contribution in [1.29, 1.82) is 0 Å². The monoisotopic (exact) mass is 317 g/mol. The number of amides is 1. The molecule has 1 heterocycles. The van der Waals surface area contributed by atoms with Crippen LogP contribution >= 0.6 is 0 Å². The Kier molecular flexibility index (Phi) is 6.81. The standard InChI is InChI=1S/C19H27NO3/c1-15(19(23-2)16-9-4-3-5-10-16)8-6-12-18(22)20-13-7-11-17(20)14-21/h3-6,8-10,15,17,19,21H,7,11-14H2,1-2H3/b8-6+/t15-,17-,19+/m0/s1. The minimum atomic E-state index is -0.0143. The number of hydrogen-bond donors (Lipinski definition) is 1. The smallest absolute Gasteiger partial charge is 0.226 e. The third-order valence-corrected chi connectivity index (χ3v) is 4.50. The van der Waals surface area contributed by atoms with E-state index in [-0.39, 0.29) is 30.6 Å². The summed E-state index contributed by atoms with van der Waals surface area (Å²) in [6.07, 6.45) is 6.22. The minimum Gasteiger partial charge on any atom is -0.394 e. The Hall–Kier alpha value is -1.65. The van der Waals surface area contributed by atoms with E-state index < -0.39 is 0 Å². The van der Waals surface area contributed by atoms with Gasteiger partial charge in [0.2, 0.25) is 5.91 Å². The number of carbonyl (C=O) groups is 1. The zero-order chi connectivity index (χ0) is 16.7. The summed E-state index contributed by atoms with van der Waals surface area (Å²) >= 11 is 0. The topological polar surface area (TPSA) is 49.8 Å². The molecule has 4 nitrogen and oxygen atoms in total. The van der Waals surface area contributed by atoms with Crippen LogP contribution in [0.2, 0.25) is 0 Å². The van der Waals surface area contributed by atoms with Crippen molar-refractivity contribution in [2.24, 2.45) is 5.92 Å². The van der Waals surface area contributed by atoms with Gasteiger partial charge in [-0.25, -0.2) is 0 Å². The van der Waals surface area contributed by atoms with E-state index >= 15 is 0 Å². The third kappa shape index (κ3) is 4.66. The Bertz CT molecular complexity index is 515. The average molecular weight is 317 g/mol. The van der Waals surface area contributed by atoms with Gasteiger partial charge in [0.05, 0.1) is 18.8 Å². The average Bonchev–Trinajstić information content (AvgIpc) is 3.05. The van der Waals surface area contributed by atoms with Gasteiger partial charge in [0.25, 0.3) is 0 Å². The first-order valence-corrected chi connectivity index (χ1v) is 8.32. The molecule has 0 unspecified atom stereocenters. The van der Waals surface area contributed by atoms with Gasteiger partial charge in [-0.1, -0.05) is 49.4 Å². The van der Waals surface area contributed by atoms with Crippen LogP contribution in [0.15, 0.2) is 42.5 Å². The highest BCUT2D eigenvalue weighted by molar-refractivity contribution is 5.78. The van der Waals surface area contributed by atoms with Crippen LogP contribution in [0.4, 0.5) is 0 Å². The van der Waals surface area contributed by atoms with Crippen LogP contribution < -0.4 is 0 Å². The fourth-order valence-electron chi connectivity index (χ4n) is 3.25. The van der Waals surface area contributed by atoms with Crippen molar-refractivity contribution < 1.29 is 14.6 Å². The molecule has 3 atom stereocenters. The van der Waals surface area contributed by atoms with Crippen molar-refractivity contribution in [1.82, 2.24) is 4.90 Å². The Morgan fingerprint density at radius 2 is 2.17 bits per heavy atom. The number of hydrogen-bond acceptors (Lipinski definition) is 3. The molecule has 0 radical (unpaired) electrons. The highest BCUT2D eigenvalue weighted by Crippen LogP contribution is 2.26. The Morgan fingerprint density at radius 1 is 1.43 bits per heavy atom. The highest BCUT2D eigenvalue weighted by Gasteiger charge is 2.27. The van der Waals surface area contributed by atoms with Gasteiger partial charge in [-0.3, -0.25) is 4.79 Å². The number of rotatable bonds is 7. The maximum atomic E-state index is 12.2. The molecule has 0 spiro atoms. The van der Waals surface area contributed by atoms with Crippen molar-refractivity contribution in [3.8, 4) is 0 Å². The zero-order valence-electron chi connectivity index (χ0n) is 14.0. The molecular formula is C19H27NO3. The lowest BCUT2D eigenvalue weighted by Crippen LogP contribution is -2.37. The third-order valence-electron chi connectivity index (χ3n) is 4.50. The predicted octanol–water partition coefficient (Wildman–Crippen LogP) is 2.94. The number of aliphatic hydroxyl groups is 1. The second-order valence-electron chi connectivity index (χ2n) is 6.12. The van der Waals surface area contributed by atoms with Gasteiger partial charge >= 0.3 is 0 Å². The summed E-state index contributed by atoms with van der Waals surface area (Å²) in [6, 6.07) is 10.1. The summed E-state index contributed by atoms with van der Waals surface area (Å²) in [7, 11) is 1.71. The van der Waals surface area contributed by atoms with E-state index in [1.54, 1.807) is 12.0 Å². The maximum absolute atomic E-state index is 12.2. The molecule has 0 aromatic heterocycles. The number of ether oxygens (including phenoxy) is 1. The summed E-state index contributed by atoms with van der Waals surface area (Å²) in [5.41, 5.74) is 1.14. The van der Waals surface area contributed by atoms with Gasteiger partial charge in [-0.2, -0.15) is 0 Å². The number of aliphatic hydroxyl groups excluding tert-OH is 1. The fourth-order valence-corrected chi connectivity index (χ4v) is 3.25. The summed E-state index contributed by atoms with van der Waals surface area (Å²) < 4.78 is 5.61. The van der Waals surface area contributed by atoms with E-state index in [0.717, 1.165) is 24.9 Å². The molecule has 0 saturated carbocycles. The molecule has 23 heavy (non-hydrogen) atoms. The van der Waals surface area contributed by atoms with Gasteiger partial charge in [-0.05, 0) is 18.4 Å². The van der Waals surface area contributed by atoms with Gasteiger partial charge in [0.1, 0.15) is 0 Å². The number of methoxy groups -OCH3 is 1. The van der Waals surface area contributed by atoms with Crippen LogP contribution in [-0.4, -0.2) is 42.2 Å². The molecular weight excluding hydrogens is 290 g/mol. The molecule has 1 aliphatic heterocycles. The molecule has 1 amide bonds. The molecule has 1 saturated heterocycles. The first-order chi connectivity index (χ1) is 11.2. The quantitative estimate of drug-likeness (QED) is 0.787. The Labute approximate surface area is 138 Å². The second-order valence-corrected chi connectivity index (χ2v) is 6.12. The highest BCUT2D eigenvalue weighted by atomic mass is 16.5. The Balaban J connectivity index is 1.90. The molecule has 1 aromatic carbocycles. The van der Waals surface area contributed by atoms with E-state index in [0.29, 0.717) is 6.42 Å². The first kappa shape index (κ1) is 17.7. The predicted molar refractivity (Wildman–Crippen MR) is 90.9 cm³/mol. The molecule has 0 bridgehead atoms. The lowest BCUT2D eigenvalue weighted by molar-refractivity contribution is -0.131. The SMILES string of the molecule is CO[C@@H](c1ccccc1)[C@@H](C)/C=C/CC(=O)N1CCC[C@H]1CO. The lowest BCUT2D eigenvalue weighted by atomic mass is 9.96. The molecule has 1 aromatic rings. The Morgan fingerprint density at radius 3 is 2.83 bits per heavy atom. The van der Waals surface area contributed by atoms with Crippen LogP contribution in [0.1, 0.15) is 37.9 Å². The van der Waals surface area contributed by atoms with Crippen LogP contribution in [0.3, 0.4) is 0 Å². The van der Waals surface area contributed by atoms with Crippen molar-refractivity contribution in [3.05, 3.63) is 48.0 Å². The van der Waals surface area contributed by atoms with Gasteiger partial charge in [0, 0.05) is 26.0 Å². The normalized spacial score (nSPS) is 20.8. The maximum Gasteiger partial charge on any atom is 0.226 e. The van der Waals surface area contributed by atoms with E-state index in [9.17, 15) is 9.90 Å². The first-order valence-electron chi connectivity index (χ1n) is 8.32. The van der Waals surface area contributed by atoms with Crippen molar-refractivity contribution in [3.63, 3.8) is 0 Å². The summed E-state index contributed by atoms with van der Waals surface area (Å²) in [4.78, 5) is 14.0. The van der Waals surface area contributed by atoms with Gasteiger partial charge < -0.3 is 14.7 Å². The van der Waals surface area contributed by atoms with E-state index in [1.165, 1.54) is 0 Å². The number of carbonyl (C=O) groups excluding carboxylic acids is 1. The molecule has 0 aliphatic carbocycles. The fraction of sp³-hybridized carbons (Fsp3) is 0.526. The molecule has 1 fully saturated rings. The van der Waals surface area contributed by atoms with Gasteiger partial charge in [0.15, 0.2) is 0 Å².